The van der Waals surface area contributed by atoms with Crippen LogP contribution in [0.15, 0.2) is 54.6 Å². The Bertz CT molecular complexity index is 2440. The number of nitrogens with one attached hydrogen (secondary N) is 1. The number of piperazine rings is 1. The van der Waals surface area contributed by atoms with Gasteiger partial charge in [0.2, 0.25) is 11.8 Å². The fourth-order valence-electron chi connectivity index (χ4n) is 12.5. The number of carbonyl (C=O) groups excluding carboxylic acids is 5. The Labute approximate surface area is 360 Å². The van der Waals surface area contributed by atoms with Crippen LogP contribution in [-0.2, 0) is 16.1 Å². The molecule has 61 heavy (non-hydrogen) atoms. The van der Waals surface area contributed by atoms with Crippen LogP contribution in [0.1, 0.15) is 95.6 Å². The van der Waals surface area contributed by atoms with Crippen LogP contribution in [-0.4, -0.2) is 108 Å². The lowest BCUT2D eigenvalue weighted by Gasteiger charge is -2.65. The molecule has 13 nitrogen and oxygen atoms in total. The summed E-state index contributed by atoms with van der Waals surface area (Å²) in [6.07, 6.45) is 2.43. The number of imide groups is 2. The van der Waals surface area contributed by atoms with E-state index in [9.17, 15) is 29.2 Å². The third-order valence-electron chi connectivity index (χ3n) is 14.8. The standard InChI is InChI=1S/C47H50ClN7O6/c1-45(2)43(46(3,4)44(45)61-32-8-5-28(22-49)36(48)19-32)54-24-29-17-30(6-9-33(29)40(54)58)52-15-13-51(14-16-52)23-27-20-47(21-27)25-53(26-47)31-7-10-34-35(18-31)42(60)55(41(34)59)37-11-12-38(56)50-39(37)57/h5-10,17-19,27,37,43-44H,11-16,20-21,23-26H2,1-4H3,(H,50,56,57)/t37?,43-,44-. The average Bonchev–Trinajstić information content (AvgIpc) is 3.64. The van der Waals surface area contributed by atoms with E-state index in [2.05, 4.69) is 65.9 Å². The highest BCUT2D eigenvalue weighted by atomic mass is 35.5. The molecule has 3 saturated heterocycles. The average molecular weight is 844 g/mol. The van der Waals surface area contributed by atoms with Gasteiger partial charge in [0.1, 0.15) is 24.0 Å². The van der Waals surface area contributed by atoms with E-state index in [1.54, 1.807) is 30.3 Å². The molecule has 316 valence electrons. The Balaban J connectivity index is 0.700. The van der Waals surface area contributed by atoms with Crippen LogP contribution in [0.5, 0.6) is 5.75 Å². The van der Waals surface area contributed by atoms with Crippen molar-refractivity contribution in [3.8, 4) is 11.8 Å². The molecule has 1 spiro atoms. The van der Waals surface area contributed by atoms with Gasteiger partial charge in [-0.1, -0.05) is 39.3 Å². The second kappa shape index (κ2) is 14.0. The molecule has 5 aliphatic heterocycles. The maximum atomic E-state index is 13.9. The first-order chi connectivity index (χ1) is 29.1. The number of benzene rings is 3. The van der Waals surface area contributed by atoms with E-state index in [1.165, 1.54) is 12.8 Å². The SMILES string of the molecule is CC1(C)[C@H](Oc2ccc(C#N)c(Cl)c2)C(C)(C)[C@H]1N1Cc2cc(N3CCN(CC4CC5(C4)CN(c4ccc6c(c4)C(=O)N(C4CCC(=O)NC4=O)C6=O)C5)CC3)ccc2C1=O. The Kier molecular flexibility index (Phi) is 9.13. The Morgan fingerprint density at radius 2 is 1.48 bits per heavy atom. The summed E-state index contributed by atoms with van der Waals surface area (Å²) in [5.41, 5.74) is 4.62. The number of hydrogen-bond donors (Lipinski definition) is 1. The van der Waals surface area contributed by atoms with Crippen LogP contribution in [0.2, 0.25) is 5.02 Å². The van der Waals surface area contributed by atoms with E-state index >= 15 is 0 Å². The fourth-order valence-corrected chi connectivity index (χ4v) is 12.7. The first-order valence-electron chi connectivity index (χ1n) is 21.4. The van der Waals surface area contributed by atoms with Crippen LogP contribution in [0, 0.1) is 33.5 Å². The number of amides is 5. The Morgan fingerprint density at radius 3 is 2.15 bits per heavy atom. The number of nitriles is 1. The van der Waals surface area contributed by atoms with Gasteiger partial charge in [-0.25, -0.2) is 0 Å². The second-order valence-electron chi connectivity index (χ2n) is 19.7. The summed E-state index contributed by atoms with van der Waals surface area (Å²) in [5.74, 6) is -0.596. The number of rotatable bonds is 8. The van der Waals surface area contributed by atoms with Gasteiger partial charge in [-0.3, -0.25) is 39.1 Å². The predicted molar refractivity (Wildman–Crippen MR) is 227 cm³/mol. The van der Waals surface area contributed by atoms with Crippen LogP contribution >= 0.6 is 11.6 Å². The number of fused-ring (bicyclic) bond motifs is 2. The monoisotopic (exact) mass is 843 g/mol. The van der Waals surface area contributed by atoms with Gasteiger partial charge < -0.3 is 19.4 Å². The zero-order valence-corrected chi connectivity index (χ0v) is 35.8. The largest absolute Gasteiger partial charge is 0.489 e. The molecule has 1 atom stereocenters. The molecule has 0 aromatic heterocycles. The normalized spacial score (nSPS) is 26.4. The molecule has 2 aliphatic carbocycles. The van der Waals surface area contributed by atoms with E-state index < -0.39 is 23.8 Å². The number of piperidine rings is 1. The van der Waals surface area contributed by atoms with Gasteiger partial charge in [0.05, 0.1) is 21.7 Å². The summed E-state index contributed by atoms with van der Waals surface area (Å²) < 4.78 is 6.51. The summed E-state index contributed by atoms with van der Waals surface area (Å²) >= 11 is 6.31. The molecular weight excluding hydrogens is 794 g/mol. The third kappa shape index (κ3) is 6.31. The van der Waals surface area contributed by atoms with E-state index in [1.807, 2.05) is 17.0 Å². The molecule has 1 N–H and O–H groups in total. The van der Waals surface area contributed by atoms with Crippen LogP contribution in [0.3, 0.4) is 0 Å². The summed E-state index contributed by atoms with van der Waals surface area (Å²) in [4.78, 5) is 74.9. The maximum Gasteiger partial charge on any atom is 0.262 e. The van der Waals surface area contributed by atoms with Crippen molar-refractivity contribution >= 4 is 52.5 Å². The number of hydrogen-bond acceptors (Lipinski definition) is 10. The Morgan fingerprint density at radius 1 is 0.803 bits per heavy atom. The van der Waals surface area contributed by atoms with Crippen molar-refractivity contribution < 1.29 is 28.7 Å². The van der Waals surface area contributed by atoms with Crippen molar-refractivity contribution in [3.63, 3.8) is 0 Å². The van der Waals surface area contributed by atoms with Gasteiger partial charge in [-0.05, 0) is 79.3 Å². The van der Waals surface area contributed by atoms with Gasteiger partial charge in [-0.2, -0.15) is 5.26 Å². The van der Waals surface area contributed by atoms with Crippen molar-refractivity contribution in [2.75, 3.05) is 55.6 Å². The summed E-state index contributed by atoms with van der Waals surface area (Å²) in [6, 6.07) is 18.0. The number of anilines is 2. The quantitative estimate of drug-likeness (QED) is 0.289. The lowest BCUT2D eigenvalue weighted by molar-refractivity contribution is -0.199. The molecule has 5 fully saturated rings. The van der Waals surface area contributed by atoms with Crippen LogP contribution < -0.4 is 19.9 Å². The molecule has 5 amide bonds. The van der Waals surface area contributed by atoms with Crippen molar-refractivity contribution in [1.29, 1.82) is 5.26 Å². The van der Waals surface area contributed by atoms with Gasteiger partial charge in [0, 0.05) is 104 Å². The van der Waals surface area contributed by atoms with Crippen LogP contribution in [0.4, 0.5) is 11.4 Å². The fraction of sp³-hybridized carbons (Fsp3) is 0.489. The summed E-state index contributed by atoms with van der Waals surface area (Å²) in [5, 5.41) is 11.9. The highest BCUT2D eigenvalue weighted by Gasteiger charge is 2.67. The molecule has 0 radical (unpaired) electrons. The smallest absolute Gasteiger partial charge is 0.262 e. The number of nitrogens with zero attached hydrogens (tertiary/aromatic N) is 6. The highest BCUT2D eigenvalue weighted by molar-refractivity contribution is 6.31. The second-order valence-corrected chi connectivity index (χ2v) is 20.1. The summed E-state index contributed by atoms with van der Waals surface area (Å²) in [6.45, 7) is 16.0. The van der Waals surface area contributed by atoms with Gasteiger partial charge >= 0.3 is 0 Å². The van der Waals surface area contributed by atoms with Crippen molar-refractivity contribution in [1.82, 2.24) is 20.0 Å². The third-order valence-corrected chi connectivity index (χ3v) is 15.2. The van der Waals surface area contributed by atoms with E-state index in [0.29, 0.717) is 39.9 Å². The van der Waals surface area contributed by atoms with Crippen molar-refractivity contribution in [2.24, 2.45) is 22.2 Å². The van der Waals surface area contributed by atoms with Crippen molar-refractivity contribution in [2.45, 2.75) is 78.1 Å². The minimum atomic E-state index is -0.965. The van der Waals surface area contributed by atoms with Crippen LogP contribution in [0.25, 0.3) is 0 Å². The molecule has 0 bridgehead atoms. The first kappa shape index (κ1) is 39.7. The van der Waals surface area contributed by atoms with Crippen molar-refractivity contribution in [3.05, 3.63) is 87.4 Å². The van der Waals surface area contributed by atoms with Gasteiger partial charge in [-0.15, -0.1) is 0 Å². The lowest BCUT2D eigenvalue weighted by Crippen LogP contribution is -2.74. The lowest BCUT2D eigenvalue weighted by atomic mass is 9.49. The van der Waals surface area contributed by atoms with E-state index in [0.717, 1.165) is 73.2 Å². The zero-order chi connectivity index (χ0) is 42.7. The topological polar surface area (TPSA) is 147 Å². The number of ether oxygens (including phenoxy) is 1. The molecule has 14 heteroatoms. The minimum absolute atomic E-state index is 0.0315. The van der Waals surface area contributed by atoms with Gasteiger partial charge in [0.15, 0.2) is 0 Å². The molecule has 10 rings (SSSR count). The predicted octanol–water partition coefficient (Wildman–Crippen LogP) is 5.49. The Hall–Kier alpha value is -5.45. The highest BCUT2D eigenvalue weighted by Crippen LogP contribution is 2.59. The van der Waals surface area contributed by atoms with E-state index in [4.69, 9.17) is 16.3 Å². The molecule has 7 aliphatic rings. The first-order valence-corrected chi connectivity index (χ1v) is 21.8. The molecule has 3 aromatic carbocycles. The van der Waals surface area contributed by atoms with Gasteiger partial charge in [0.25, 0.3) is 17.7 Å². The number of carbonyl (C=O) groups is 5. The molecule has 5 heterocycles. The maximum absolute atomic E-state index is 13.9. The molecular formula is C47H50ClN7O6. The zero-order valence-electron chi connectivity index (χ0n) is 35.0. The molecule has 3 aromatic rings. The number of halogens is 1. The van der Waals surface area contributed by atoms with E-state index in [-0.39, 0.29) is 53.0 Å². The molecule has 2 saturated carbocycles. The minimum Gasteiger partial charge on any atom is -0.489 e. The summed E-state index contributed by atoms with van der Waals surface area (Å²) in [7, 11) is 0. The molecule has 1 unspecified atom stereocenters.